The average Bonchev–Trinajstić information content (AvgIpc) is 3.86. The highest BCUT2D eigenvalue weighted by Gasteiger charge is 2.47. The maximum Gasteiger partial charge on any atom is 0.114 e. The number of fused-ring (bicyclic) bond motifs is 3. The maximum atomic E-state index is 11.8. The lowest BCUT2D eigenvalue weighted by molar-refractivity contribution is -0.0455. The summed E-state index contributed by atoms with van der Waals surface area (Å²) in [5, 5.41) is 27.5. The fraction of sp³-hybridized carbons (Fsp3) is 1.00. The monoisotopic (exact) mass is 671 g/mol. The van der Waals surface area contributed by atoms with Gasteiger partial charge in [0.25, 0.3) is 0 Å². The molecule has 0 bridgehead atoms. The van der Waals surface area contributed by atoms with Gasteiger partial charge >= 0.3 is 0 Å². The Morgan fingerprint density at radius 3 is 2.02 bits per heavy atom. The lowest BCUT2D eigenvalue weighted by Gasteiger charge is -2.51. The summed E-state index contributed by atoms with van der Waals surface area (Å²) in [6.45, 7) is 3.39. The first-order chi connectivity index (χ1) is 23.2. The van der Waals surface area contributed by atoms with Crippen LogP contribution in [0.2, 0.25) is 0 Å². The van der Waals surface area contributed by atoms with Crippen LogP contribution in [0.5, 0.6) is 0 Å². The van der Waals surface area contributed by atoms with Gasteiger partial charge in [0.1, 0.15) is 6.29 Å². The molecule has 10 unspecified atom stereocenters. The Hall–Kier alpha value is -0.0100. The number of hydrogen-bond acceptors (Lipinski definition) is 10. The Balaban J connectivity index is 0.850. The molecular weight excluding hydrogens is 605 g/mol. The smallest absolute Gasteiger partial charge is 0.114 e. The molecule has 0 aromatic rings. The quantitative estimate of drug-likeness (QED) is 0.251. The Labute approximate surface area is 289 Å². The van der Waals surface area contributed by atoms with Gasteiger partial charge in [0, 0.05) is 72.6 Å². The van der Waals surface area contributed by atoms with Gasteiger partial charge in [-0.3, -0.25) is 20.4 Å². The maximum absolute atomic E-state index is 11.8. The minimum atomic E-state index is -0.188. The van der Waals surface area contributed by atoms with Crippen molar-refractivity contribution >= 4 is 11.8 Å². The Morgan fingerprint density at radius 2 is 1.32 bits per heavy atom. The standard InChI is InChI=1S/C37H66N8OS/c46-34-22-28(18-19-29(34)33-23-43-21-5-20-38-37(43)40-33)44(25-12-10-24(11-13-25)36-39-32-8-3-4-9-35(32)47-36)26-14-16-27(17-15-26)45-41-30-6-1-2-7-31(30)42-45/h24-42,46H,1-23H2. The molecule has 266 valence electrons. The van der Waals surface area contributed by atoms with Gasteiger partial charge in [-0.1, -0.05) is 25.7 Å². The summed E-state index contributed by atoms with van der Waals surface area (Å²) in [6, 6.07) is 5.03. The highest BCUT2D eigenvalue weighted by molar-refractivity contribution is 8.00. The zero-order valence-corrected chi connectivity index (χ0v) is 29.9. The van der Waals surface area contributed by atoms with E-state index in [-0.39, 0.29) is 6.10 Å². The highest BCUT2D eigenvalue weighted by Crippen LogP contribution is 2.45. The molecule has 9 rings (SSSR count). The zero-order valence-electron chi connectivity index (χ0n) is 29.0. The summed E-state index contributed by atoms with van der Waals surface area (Å²) >= 11 is 2.32. The second-order valence-corrected chi connectivity index (χ2v) is 18.8. The van der Waals surface area contributed by atoms with Crippen LogP contribution in [0.1, 0.15) is 128 Å². The summed E-state index contributed by atoms with van der Waals surface area (Å²) in [6.07, 6.45) is 26.6. The summed E-state index contributed by atoms with van der Waals surface area (Å²) in [5.41, 5.74) is 7.79. The molecule has 0 aromatic carbocycles. The Bertz CT molecular complexity index is 946. The van der Waals surface area contributed by atoms with Gasteiger partial charge in [0.2, 0.25) is 0 Å². The summed E-state index contributed by atoms with van der Waals surface area (Å²) in [4.78, 5) is 5.64. The van der Waals surface area contributed by atoms with Gasteiger partial charge in [-0.05, 0) is 115 Å². The van der Waals surface area contributed by atoms with E-state index in [2.05, 4.69) is 53.5 Å². The van der Waals surface area contributed by atoms with Crippen molar-refractivity contribution in [2.24, 2.45) is 11.8 Å². The molecule has 0 amide bonds. The van der Waals surface area contributed by atoms with E-state index in [1.54, 1.807) is 0 Å². The van der Waals surface area contributed by atoms with Gasteiger partial charge < -0.3 is 10.4 Å². The van der Waals surface area contributed by atoms with E-state index in [0.29, 0.717) is 59.9 Å². The average molecular weight is 671 g/mol. The second kappa shape index (κ2) is 14.5. The van der Waals surface area contributed by atoms with E-state index in [4.69, 9.17) is 0 Å². The predicted molar refractivity (Wildman–Crippen MR) is 190 cm³/mol. The third kappa shape index (κ3) is 6.85. The molecule has 4 heterocycles. The number of hydrazine groups is 2. The van der Waals surface area contributed by atoms with Crippen molar-refractivity contribution in [2.45, 2.75) is 200 Å². The third-order valence-electron chi connectivity index (χ3n) is 14.7. The number of hydrogen-bond donors (Lipinski definition) is 6. The third-order valence-corrected chi connectivity index (χ3v) is 16.5. The molecule has 6 N–H and O–H groups in total. The molecule has 10 heteroatoms. The van der Waals surface area contributed by atoms with E-state index < -0.39 is 0 Å². The van der Waals surface area contributed by atoms with Crippen molar-refractivity contribution < 1.29 is 5.11 Å². The molecule has 4 saturated heterocycles. The zero-order chi connectivity index (χ0) is 31.3. The fourth-order valence-corrected chi connectivity index (χ4v) is 14.0. The van der Waals surface area contributed by atoms with Gasteiger partial charge in [0.05, 0.1) is 11.5 Å². The first kappa shape index (κ1) is 32.9. The van der Waals surface area contributed by atoms with E-state index in [1.807, 2.05) is 0 Å². The number of aliphatic hydroxyl groups is 1. The Kier molecular flexibility index (Phi) is 10.2. The molecule has 0 radical (unpaired) electrons. The minimum absolute atomic E-state index is 0.188. The molecule has 4 aliphatic heterocycles. The summed E-state index contributed by atoms with van der Waals surface area (Å²) in [7, 11) is 0. The fourth-order valence-electron chi connectivity index (χ4n) is 12.2. The molecule has 10 atom stereocenters. The first-order valence-corrected chi connectivity index (χ1v) is 21.5. The predicted octanol–water partition coefficient (Wildman–Crippen LogP) is 3.85. The Morgan fingerprint density at radius 1 is 0.638 bits per heavy atom. The van der Waals surface area contributed by atoms with Crippen LogP contribution in [0.25, 0.3) is 0 Å². The highest BCUT2D eigenvalue weighted by atomic mass is 32.2. The van der Waals surface area contributed by atoms with Gasteiger partial charge in [-0.15, -0.1) is 11.8 Å². The number of aliphatic hydroxyl groups excluding tert-OH is 1. The molecule has 5 saturated carbocycles. The van der Waals surface area contributed by atoms with Crippen molar-refractivity contribution in [1.82, 2.24) is 41.7 Å². The normalized spacial score (nSPS) is 49.9. The van der Waals surface area contributed by atoms with Gasteiger partial charge in [-0.2, -0.15) is 5.12 Å². The number of thioether (sulfide) groups is 1. The lowest BCUT2D eigenvalue weighted by atomic mass is 9.76. The van der Waals surface area contributed by atoms with Crippen LogP contribution in [-0.4, -0.2) is 111 Å². The van der Waals surface area contributed by atoms with Crippen molar-refractivity contribution in [3.8, 4) is 0 Å². The molecule has 0 spiro atoms. The van der Waals surface area contributed by atoms with Crippen LogP contribution in [0.3, 0.4) is 0 Å². The van der Waals surface area contributed by atoms with Crippen LogP contribution in [0.4, 0.5) is 0 Å². The minimum Gasteiger partial charge on any atom is -0.393 e. The molecule has 47 heavy (non-hydrogen) atoms. The molecule has 5 aliphatic carbocycles. The van der Waals surface area contributed by atoms with Crippen LogP contribution in [0, 0.1) is 11.8 Å². The SMILES string of the molecule is OC1CC(N(C2CCC(C3NC4CCCCC4S3)CC2)C2CCC(N3NC4CCCCC4N3)CC2)CCC1C1CN2CCCNC2N1. The topological polar surface area (TPSA) is 90.1 Å². The van der Waals surface area contributed by atoms with Crippen LogP contribution >= 0.6 is 11.8 Å². The summed E-state index contributed by atoms with van der Waals surface area (Å²) < 4.78 is 0. The molecule has 9 fully saturated rings. The van der Waals surface area contributed by atoms with Crippen molar-refractivity contribution in [3.63, 3.8) is 0 Å². The van der Waals surface area contributed by atoms with E-state index in [0.717, 1.165) is 36.7 Å². The molecule has 9 aliphatic rings. The van der Waals surface area contributed by atoms with Crippen LogP contribution < -0.4 is 26.8 Å². The van der Waals surface area contributed by atoms with Crippen molar-refractivity contribution in [2.75, 3.05) is 19.6 Å². The van der Waals surface area contributed by atoms with Crippen molar-refractivity contribution in [1.29, 1.82) is 0 Å². The van der Waals surface area contributed by atoms with Crippen LogP contribution in [-0.2, 0) is 0 Å². The number of nitrogens with zero attached hydrogens (tertiary/aromatic N) is 3. The first-order valence-electron chi connectivity index (χ1n) is 20.6. The molecule has 9 nitrogen and oxygen atoms in total. The molecular formula is C37H66N8OS. The second-order valence-electron chi connectivity index (χ2n) is 17.4. The molecule has 0 aromatic heterocycles. The number of nitrogens with one attached hydrogen (secondary N) is 5. The largest absolute Gasteiger partial charge is 0.393 e. The van der Waals surface area contributed by atoms with Crippen LogP contribution in [0.15, 0.2) is 0 Å². The van der Waals surface area contributed by atoms with Gasteiger partial charge in [0.15, 0.2) is 0 Å². The number of rotatable bonds is 6. The lowest BCUT2D eigenvalue weighted by Crippen LogP contribution is -2.58. The van der Waals surface area contributed by atoms with Crippen molar-refractivity contribution in [3.05, 3.63) is 0 Å². The van der Waals surface area contributed by atoms with E-state index in [1.165, 1.54) is 129 Å². The van der Waals surface area contributed by atoms with E-state index >= 15 is 0 Å². The van der Waals surface area contributed by atoms with E-state index in [9.17, 15) is 5.11 Å². The summed E-state index contributed by atoms with van der Waals surface area (Å²) in [5.74, 6) is 1.23. The van der Waals surface area contributed by atoms with Gasteiger partial charge in [-0.25, -0.2) is 10.9 Å².